The molecular weight excluding hydrogens is 286 g/mol. The van der Waals surface area contributed by atoms with Crippen molar-refractivity contribution in [3.05, 3.63) is 40.0 Å². The fourth-order valence-corrected chi connectivity index (χ4v) is 2.78. The van der Waals surface area contributed by atoms with Gasteiger partial charge in [0.1, 0.15) is 15.9 Å². The lowest BCUT2D eigenvalue weighted by molar-refractivity contribution is 0.0965. The quantitative estimate of drug-likeness (QED) is 0.800. The Bertz CT molecular complexity index is 717. The van der Waals surface area contributed by atoms with Gasteiger partial charge in [-0.2, -0.15) is 5.26 Å². The zero-order valence-electron chi connectivity index (χ0n) is 11.7. The van der Waals surface area contributed by atoms with E-state index in [1.807, 2.05) is 25.1 Å². The minimum absolute atomic E-state index is 0.210. The number of hydrogen-bond acceptors (Lipinski definition) is 6. The second-order valence-electron chi connectivity index (χ2n) is 4.36. The van der Waals surface area contributed by atoms with Crippen LogP contribution in [0.3, 0.4) is 0 Å². The standard InChI is InChI=1S/C14H15N5OS/c1-8-4-3-5-18-9(8)7-19-14-11(13(20)17-2)12(16)10(6-15)21-14/h3-5,19H,7,16H2,1-2H3,(H,17,20). The highest BCUT2D eigenvalue weighted by atomic mass is 32.1. The maximum absolute atomic E-state index is 11.9. The number of nitrogens with zero attached hydrogens (tertiary/aromatic N) is 2. The number of nitrogens with one attached hydrogen (secondary N) is 2. The van der Waals surface area contributed by atoms with Crippen LogP contribution in [-0.4, -0.2) is 17.9 Å². The average molecular weight is 301 g/mol. The molecule has 0 aromatic carbocycles. The maximum Gasteiger partial charge on any atom is 0.256 e. The molecule has 1 amide bonds. The number of carbonyl (C=O) groups is 1. The number of rotatable bonds is 4. The molecule has 21 heavy (non-hydrogen) atoms. The Hall–Kier alpha value is -2.59. The Kier molecular flexibility index (Phi) is 4.40. The van der Waals surface area contributed by atoms with Crippen LogP contribution in [0, 0.1) is 18.3 Å². The summed E-state index contributed by atoms with van der Waals surface area (Å²) in [5.41, 5.74) is 8.32. The summed E-state index contributed by atoms with van der Waals surface area (Å²) in [4.78, 5) is 16.5. The summed E-state index contributed by atoms with van der Waals surface area (Å²) in [7, 11) is 1.53. The highest BCUT2D eigenvalue weighted by Crippen LogP contribution is 2.35. The number of aryl methyl sites for hydroxylation is 1. The lowest BCUT2D eigenvalue weighted by Crippen LogP contribution is -2.20. The Morgan fingerprint density at radius 3 is 2.95 bits per heavy atom. The second-order valence-corrected chi connectivity index (χ2v) is 5.38. The van der Waals surface area contributed by atoms with Gasteiger partial charge in [-0.25, -0.2) is 0 Å². The van der Waals surface area contributed by atoms with Crippen LogP contribution in [0.1, 0.15) is 26.5 Å². The predicted octanol–water partition coefficient (Wildman–Crippen LogP) is 1.88. The number of nitrogen functional groups attached to an aromatic ring is 1. The molecule has 0 aliphatic rings. The molecule has 7 heteroatoms. The first-order chi connectivity index (χ1) is 10.1. The van der Waals surface area contributed by atoms with Crippen molar-refractivity contribution in [2.75, 3.05) is 18.1 Å². The number of carbonyl (C=O) groups excluding carboxylic acids is 1. The van der Waals surface area contributed by atoms with Crippen molar-refractivity contribution in [2.45, 2.75) is 13.5 Å². The molecule has 2 aromatic heterocycles. The zero-order valence-corrected chi connectivity index (χ0v) is 12.5. The average Bonchev–Trinajstić information content (AvgIpc) is 2.81. The van der Waals surface area contributed by atoms with Crippen LogP contribution >= 0.6 is 11.3 Å². The molecule has 2 heterocycles. The van der Waals surface area contributed by atoms with Gasteiger partial charge in [-0.15, -0.1) is 11.3 Å². The number of aromatic nitrogens is 1. The van der Waals surface area contributed by atoms with E-state index in [1.165, 1.54) is 18.4 Å². The fourth-order valence-electron chi connectivity index (χ4n) is 1.87. The molecule has 0 bridgehead atoms. The van der Waals surface area contributed by atoms with E-state index in [2.05, 4.69) is 15.6 Å². The van der Waals surface area contributed by atoms with Crippen molar-refractivity contribution in [3.8, 4) is 6.07 Å². The second kappa shape index (κ2) is 6.24. The first-order valence-electron chi connectivity index (χ1n) is 6.27. The minimum Gasteiger partial charge on any atom is -0.396 e. The third-order valence-electron chi connectivity index (χ3n) is 3.04. The molecular formula is C14H15N5OS. The van der Waals surface area contributed by atoms with Crippen molar-refractivity contribution in [1.29, 1.82) is 5.26 Å². The largest absolute Gasteiger partial charge is 0.396 e. The minimum atomic E-state index is -0.314. The van der Waals surface area contributed by atoms with Gasteiger partial charge in [0.25, 0.3) is 5.91 Å². The van der Waals surface area contributed by atoms with Crippen LogP contribution in [0.15, 0.2) is 18.3 Å². The van der Waals surface area contributed by atoms with Crippen molar-refractivity contribution in [1.82, 2.24) is 10.3 Å². The van der Waals surface area contributed by atoms with E-state index in [4.69, 9.17) is 11.0 Å². The van der Waals surface area contributed by atoms with Crippen molar-refractivity contribution < 1.29 is 4.79 Å². The number of amides is 1. The number of nitriles is 1. The molecule has 0 spiro atoms. The lowest BCUT2D eigenvalue weighted by atomic mass is 10.2. The molecule has 0 radical (unpaired) electrons. The van der Waals surface area contributed by atoms with Gasteiger partial charge >= 0.3 is 0 Å². The summed E-state index contributed by atoms with van der Waals surface area (Å²) < 4.78 is 0. The molecule has 0 atom stereocenters. The van der Waals surface area contributed by atoms with Gasteiger partial charge in [0.05, 0.1) is 23.5 Å². The van der Waals surface area contributed by atoms with Crippen LogP contribution in [0.25, 0.3) is 0 Å². The molecule has 0 saturated carbocycles. The maximum atomic E-state index is 11.9. The third kappa shape index (κ3) is 2.95. The molecule has 2 rings (SSSR count). The summed E-state index contributed by atoms with van der Waals surface area (Å²) in [6.07, 6.45) is 1.72. The number of anilines is 2. The van der Waals surface area contributed by atoms with Gasteiger partial charge in [0.2, 0.25) is 0 Å². The van der Waals surface area contributed by atoms with Crippen LogP contribution in [-0.2, 0) is 6.54 Å². The molecule has 0 fully saturated rings. The van der Waals surface area contributed by atoms with Crippen LogP contribution < -0.4 is 16.4 Å². The summed E-state index contributed by atoms with van der Waals surface area (Å²) in [6, 6.07) is 5.83. The summed E-state index contributed by atoms with van der Waals surface area (Å²) in [5.74, 6) is -0.314. The molecule has 0 saturated heterocycles. The van der Waals surface area contributed by atoms with E-state index in [0.717, 1.165) is 11.3 Å². The van der Waals surface area contributed by atoms with E-state index >= 15 is 0 Å². The van der Waals surface area contributed by atoms with Gasteiger partial charge in [-0.05, 0) is 18.6 Å². The molecule has 0 aliphatic carbocycles. The number of pyridine rings is 1. The monoisotopic (exact) mass is 301 g/mol. The molecule has 2 aromatic rings. The molecule has 0 aliphatic heterocycles. The fraction of sp³-hybridized carbons (Fsp3) is 0.214. The van der Waals surface area contributed by atoms with Crippen LogP contribution in [0.2, 0.25) is 0 Å². The van der Waals surface area contributed by atoms with Crippen LogP contribution in [0.5, 0.6) is 0 Å². The predicted molar refractivity (Wildman–Crippen MR) is 83.1 cm³/mol. The Balaban J connectivity index is 2.30. The molecule has 6 nitrogen and oxygen atoms in total. The van der Waals surface area contributed by atoms with Crippen molar-refractivity contribution in [2.24, 2.45) is 0 Å². The first kappa shape index (κ1) is 14.8. The summed E-state index contributed by atoms with van der Waals surface area (Å²) in [6.45, 7) is 2.43. The zero-order chi connectivity index (χ0) is 15.4. The van der Waals surface area contributed by atoms with E-state index in [9.17, 15) is 4.79 Å². The van der Waals surface area contributed by atoms with Crippen LogP contribution in [0.4, 0.5) is 10.7 Å². The topological polar surface area (TPSA) is 104 Å². The number of thiophene rings is 1. The Labute approximate surface area is 126 Å². The van der Waals surface area contributed by atoms with Gasteiger partial charge in [0, 0.05) is 13.2 Å². The summed E-state index contributed by atoms with van der Waals surface area (Å²) >= 11 is 1.17. The number of hydrogen-bond donors (Lipinski definition) is 3. The van der Waals surface area contributed by atoms with E-state index < -0.39 is 0 Å². The summed E-state index contributed by atoms with van der Waals surface area (Å²) in [5, 5.41) is 15.3. The highest BCUT2D eigenvalue weighted by molar-refractivity contribution is 7.17. The van der Waals surface area contributed by atoms with Crippen molar-refractivity contribution in [3.63, 3.8) is 0 Å². The third-order valence-corrected chi connectivity index (χ3v) is 4.10. The molecule has 0 unspecified atom stereocenters. The highest BCUT2D eigenvalue weighted by Gasteiger charge is 2.21. The van der Waals surface area contributed by atoms with E-state index in [0.29, 0.717) is 22.0 Å². The van der Waals surface area contributed by atoms with Crippen molar-refractivity contribution >= 4 is 27.9 Å². The van der Waals surface area contributed by atoms with Gasteiger partial charge < -0.3 is 16.4 Å². The Morgan fingerprint density at radius 1 is 1.57 bits per heavy atom. The molecule has 4 N–H and O–H groups in total. The molecule has 108 valence electrons. The SMILES string of the molecule is CNC(=O)c1c(NCc2ncccc2C)sc(C#N)c1N. The normalized spacial score (nSPS) is 9.95. The lowest BCUT2D eigenvalue weighted by Gasteiger charge is -2.08. The van der Waals surface area contributed by atoms with E-state index in [-0.39, 0.29) is 11.6 Å². The first-order valence-corrected chi connectivity index (χ1v) is 7.09. The van der Waals surface area contributed by atoms with Gasteiger partial charge in [-0.3, -0.25) is 9.78 Å². The Morgan fingerprint density at radius 2 is 2.33 bits per heavy atom. The van der Waals surface area contributed by atoms with Gasteiger partial charge in [0.15, 0.2) is 0 Å². The number of nitrogens with two attached hydrogens (primary N) is 1. The van der Waals surface area contributed by atoms with E-state index in [1.54, 1.807) is 6.20 Å². The smallest absolute Gasteiger partial charge is 0.256 e. The van der Waals surface area contributed by atoms with Gasteiger partial charge in [-0.1, -0.05) is 6.07 Å².